The Balaban J connectivity index is 2.60. The van der Waals surface area contributed by atoms with Crippen molar-refractivity contribution in [3.8, 4) is 0 Å². The van der Waals surface area contributed by atoms with E-state index in [1.54, 1.807) is 12.1 Å². The monoisotopic (exact) mass is 236 g/mol. The molecule has 1 atom stereocenters. The van der Waals surface area contributed by atoms with Gasteiger partial charge in [-0.25, -0.2) is 4.79 Å². The zero-order valence-electron chi connectivity index (χ0n) is 9.64. The van der Waals surface area contributed by atoms with Crippen LogP contribution in [0.1, 0.15) is 29.3 Å². The second kappa shape index (κ2) is 6.00. The Kier molecular flexibility index (Phi) is 4.66. The first-order valence-electron chi connectivity index (χ1n) is 5.40. The highest BCUT2D eigenvalue weighted by atomic mass is 16.4. The Morgan fingerprint density at radius 3 is 2.76 bits per heavy atom. The number of carbonyl (C=O) groups is 2. The molecule has 0 saturated carbocycles. The fourth-order valence-corrected chi connectivity index (χ4v) is 1.32. The second-order valence-corrected chi connectivity index (χ2v) is 3.74. The Bertz CT molecular complexity index is 418. The fourth-order valence-electron chi connectivity index (χ4n) is 1.32. The smallest absolute Gasteiger partial charge is 0.335 e. The molecule has 1 amide bonds. The van der Waals surface area contributed by atoms with Crippen LogP contribution in [0.2, 0.25) is 0 Å². The molecule has 0 aliphatic heterocycles. The van der Waals surface area contributed by atoms with Gasteiger partial charge in [0.05, 0.1) is 11.6 Å². The first kappa shape index (κ1) is 13.2. The molecule has 4 N–H and O–H groups in total. The molecule has 1 aromatic rings. The van der Waals surface area contributed by atoms with E-state index in [9.17, 15) is 9.59 Å². The standard InChI is InChI=1S/C12H16N2O3/c1-2-10(13)11(15)14-7-8-4-3-5-9(6-8)12(16)17/h3-6,10H,2,7,13H2,1H3,(H,14,15)(H,16,17)/t10-/m1/s1. The summed E-state index contributed by atoms with van der Waals surface area (Å²) in [6, 6.07) is 5.91. The lowest BCUT2D eigenvalue weighted by Crippen LogP contribution is -2.39. The SMILES string of the molecule is CC[C@@H](N)C(=O)NCc1cccc(C(=O)O)c1. The summed E-state index contributed by atoms with van der Waals surface area (Å²) in [5, 5.41) is 11.5. The summed E-state index contributed by atoms with van der Waals surface area (Å²) in [6.07, 6.45) is 0.570. The molecule has 0 radical (unpaired) electrons. The Labute approximate surface area is 99.6 Å². The molecule has 1 aromatic carbocycles. The van der Waals surface area contributed by atoms with Crippen LogP contribution in [0.4, 0.5) is 0 Å². The number of rotatable bonds is 5. The Hall–Kier alpha value is -1.88. The average molecular weight is 236 g/mol. The lowest BCUT2D eigenvalue weighted by atomic mass is 10.1. The minimum atomic E-state index is -0.983. The van der Waals surface area contributed by atoms with Crippen LogP contribution in [0.3, 0.4) is 0 Å². The minimum Gasteiger partial charge on any atom is -0.478 e. The number of amides is 1. The van der Waals surface area contributed by atoms with Gasteiger partial charge in [-0.3, -0.25) is 4.79 Å². The highest BCUT2D eigenvalue weighted by Crippen LogP contribution is 2.05. The molecular formula is C12H16N2O3. The number of hydrogen-bond acceptors (Lipinski definition) is 3. The fraction of sp³-hybridized carbons (Fsp3) is 0.333. The third kappa shape index (κ3) is 3.88. The first-order valence-corrected chi connectivity index (χ1v) is 5.40. The molecule has 0 bridgehead atoms. The van der Waals surface area contributed by atoms with Gasteiger partial charge in [-0.1, -0.05) is 19.1 Å². The van der Waals surface area contributed by atoms with Gasteiger partial charge < -0.3 is 16.2 Å². The Morgan fingerprint density at radius 1 is 1.47 bits per heavy atom. The van der Waals surface area contributed by atoms with Crippen molar-refractivity contribution in [2.24, 2.45) is 5.73 Å². The third-order valence-corrected chi connectivity index (χ3v) is 2.42. The molecule has 5 heteroatoms. The molecule has 0 aliphatic rings. The van der Waals surface area contributed by atoms with E-state index in [2.05, 4.69) is 5.32 Å². The summed E-state index contributed by atoms with van der Waals surface area (Å²) in [6.45, 7) is 2.11. The number of carboxylic acids is 1. The molecule has 0 aliphatic carbocycles. The zero-order valence-corrected chi connectivity index (χ0v) is 9.64. The summed E-state index contributed by atoms with van der Waals surface area (Å²) in [7, 11) is 0. The van der Waals surface area contributed by atoms with Crippen LogP contribution in [0.5, 0.6) is 0 Å². The number of carbonyl (C=O) groups excluding carboxylic acids is 1. The zero-order chi connectivity index (χ0) is 12.8. The van der Waals surface area contributed by atoms with Gasteiger partial charge in [0.25, 0.3) is 0 Å². The molecular weight excluding hydrogens is 220 g/mol. The lowest BCUT2D eigenvalue weighted by Gasteiger charge is -2.10. The maximum absolute atomic E-state index is 11.4. The van der Waals surface area contributed by atoms with Gasteiger partial charge in [0.1, 0.15) is 0 Å². The molecule has 17 heavy (non-hydrogen) atoms. The van der Waals surface area contributed by atoms with Gasteiger partial charge in [-0.2, -0.15) is 0 Å². The van der Waals surface area contributed by atoms with Gasteiger partial charge in [0, 0.05) is 6.54 Å². The van der Waals surface area contributed by atoms with Crippen LogP contribution >= 0.6 is 0 Å². The quantitative estimate of drug-likeness (QED) is 0.703. The van der Waals surface area contributed by atoms with Crippen molar-refractivity contribution in [3.05, 3.63) is 35.4 Å². The van der Waals surface area contributed by atoms with Crippen LogP contribution in [-0.2, 0) is 11.3 Å². The van der Waals surface area contributed by atoms with Gasteiger partial charge in [0.2, 0.25) is 5.91 Å². The first-order chi connectivity index (χ1) is 8.04. The molecule has 0 aromatic heterocycles. The number of nitrogens with two attached hydrogens (primary N) is 1. The average Bonchev–Trinajstić information content (AvgIpc) is 2.35. The Morgan fingerprint density at radius 2 is 2.18 bits per heavy atom. The van der Waals surface area contributed by atoms with Crippen LogP contribution in [0.25, 0.3) is 0 Å². The van der Waals surface area contributed by atoms with E-state index < -0.39 is 12.0 Å². The maximum Gasteiger partial charge on any atom is 0.335 e. The molecule has 5 nitrogen and oxygen atoms in total. The molecule has 92 valence electrons. The van der Waals surface area contributed by atoms with Crippen molar-refractivity contribution in [3.63, 3.8) is 0 Å². The van der Waals surface area contributed by atoms with Crippen LogP contribution in [-0.4, -0.2) is 23.0 Å². The van der Waals surface area contributed by atoms with Crippen molar-refractivity contribution in [1.82, 2.24) is 5.32 Å². The van der Waals surface area contributed by atoms with Gasteiger partial charge >= 0.3 is 5.97 Å². The van der Waals surface area contributed by atoms with Crippen molar-refractivity contribution < 1.29 is 14.7 Å². The van der Waals surface area contributed by atoms with Gasteiger partial charge in [-0.05, 0) is 24.1 Å². The third-order valence-electron chi connectivity index (χ3n) is 2.42. The summed E-state index contributed by atoms with van der Waals surface area (Å²) in [4.78, 5) is 22.2. The molecule has 0 saturated heterocycles. The molecule has 0 heterocycles. The van der Waals surface area contributed by atoms with Gasteiger partial charge in [-0.15, -0.1) is 0 Å². The maximum atomic E-state index is 11.4. The van der Waals surface area contributed by atoms with Crippen LogP contribution < -0.4 is 11.1 Å². The molecule has 1 rings (SSSR count). The normalized spacial score (nSPS) is 11.9. The van der Waals surface area contributed by atoms with Crippen molar-refractivity contribution >= 4 is 11.9 Å². The summed E-state index contributed by atoms with van der Waals surface area (Å²) in [5.74, 6) is -1.21. The van der Waals surface area contributed by atoms with Gasteiger partial charge in [0.15, 0.2) is 0 Å². The van der Waals surface area contributed by atoms with E-state index in [-0.39, 0.29) is 18.0 Å². The summed E-state index contributed by atoms with van der Waals surface area (Å²) in [5.41, 5.74) is 6.50. The number of hydrogen-bond donors (Lipinski definition) is 3. The molecule has 0 unspecified atom stereocenters. The molecule has 0 fully saturated rings. The molecule has 0 spiro atoms. The van der Waals surface area contributed by atoms with Crippen LogP contribution in [0.15, 0.2) is 24.3 Å². The summed E-state index contributed by atoms with van der Waals surface area (Å²) < 4.78 is 0. The van der Waals surface area contributed by atoms with E-state index >= 15 is 0 Å². The number of carboxylic acid groups (broad SMARTS) is 1. The number of nitrogens with one attached hydrogen (secondary N) is 1. The van der Waals surface area contributed by atoms with E-state index in [1.807, 2.05) is 6.92 Å². The highest BCUT2D eigenvalue weighted by molar-refractivity contribution is 5.87. The predicted molar refractivity (Wildman–Crippen MR) is 63.5 cm³/mol. The second-order valence-electron chi connectivity index (χ2n) is 3.74. The van der Waals surface area contributed by atoms with E-state index in [0.29, 0.717) is 6.42 Å². The summed E-state index contributed by atoms with van der Waals surface area (Å²) >= 11 is 0. The van der Waals surface area contributed by atoms with E-state index in [1.165, 1.54) is 12.1 Å². The van der Waals surface area contributed by atoms with Crippen LogP contribution in [0, 0.1) is 0 Å². The van der Waals surface area contributed by atoms with Crippen molar-refractivity contribution in [2.75, 3.05) is 0 Å². The van der Waals surface area contributed by atoms with E-state index in [0.717, 1.165) is 5.56 Å². The van der Waals surface area contributed by atoms with Crippen molar-refractivity contribution in [1.29, 1.82) is 0 Å². The topological polar surface area (TPSA) is 92.4 Å². The minimum absolute atomic E-state index is 0.205. The van der Waals surface area contributed by atoms with Crippen molar-refractivity contribution in [2.45, 2.75) is 25.9 Å². The van der Waals surface area contributed by atoms with E-state index in [4.69, 9.17) is 10.8 Å². The number of aromatic carboxylic acids is 1. The lowest BCUT2D eigenvalue weighted by molar-refractivity contribution is -0.122. The highest BCUT2D eigenvalue weighted by Gasteiger charge is 2.10. The largest absolute Gasteiger partial charge is 0.478 e. The predicted octanol–water partition coefficient (Wildman–Crippen LogP) is 0.738. The number of benzene rings is 1.